The van der Waals surface area contributed by atoms with Crippen molar-refractivity contribution in [2.45, 2.75) is 39.0 Å². The Balaban J connectivity index is 2.00. The summed E-state index contributed by atoms with van der Waals surface area (Å²) in [4.78, 5) is 14.7. The number of amides is 1. The molecule has 0 unspecified atom stereocenters. The molecule has 4 nitrogen and oxygen atoms in total. The van der Waals surface area contributed by atoms with Crippen molar-refractivity contribution >= 4 is 5.91 Å². The normalized spacial score (nSPS) is 15.2. The van der Waals surface area contributed by atoms with E-state index in [9.17, 15) is 9.18 Å². The number of aromatic nitrogens is 2. The molecule has 1 amide bonds. The highest BCUT2D eigenvalue weighted by Gasteiger charge is 2.25. The molecule has 2 heterocycles. The van der Waals surface area contributed by atoms with Gasteiger partial charge in [-0.25, -0.2) is 9.07 Å². The molecular formula is C18H22FN3O. The summed E-state index contributed by atoms with van der Waals surface area (Å²) in [6.45, 7) is 5.67. The third-order valence-electron chi connectivity index (χ3n) is 4.28. The first-order valence-corrected chi connectivity index (χ1v) is 8.21. The fourth-order valence-corrected chi connectivity index (χ4v) is 3.16. The minimum atomic E-state index is -0.309. The van der Waals surface area contributed by atoms with Gasteiger partial charge in [-0.15, -0.1) is 0 Å². The minimum absolute atomic E-state index is 0.0380. The molecule has 0 saturated carbocycles. The lowest BCUT2D eigenvalue weighted by atomic mass is 10.0. The Morgan fingerprint density at radius 3 is 2.61 bits per heavy atom. The fraction of sp³-hybridized carbons (Fsp3) is 0.444. The van der Waals surface area contributed by atoms with E-state index in [1.807, 2.05) is 18.7 Å². The van der Waals surface area contributed by atoms with Crippen molar-refractivity contribution in [3.63, 3.8) is 0 Å². The lowest BCUT2D eigenvalue weighted by Crippen LogP contribution is -2.36. The number of halogens is 1. The van der Waals surface area contributed by atoms with E-state index in [0.29, 0.717) is 11.3 Å². The number of piperidine rings is 1. The predicted molar refractivity (Wildman–Crippen MR) is 87.4 cm³/mol. The lowest BCUT2D eigenvalue weighted by Gasteiger charge is -2.27. The highest BCUT2D eigenvalue weighted by Crippen LogP contribution is 2.25. The Labute approximate surface area is 135 Å². The van der Waals surface area contributed by atoms with E-state index in [-0.39, 0.29) is 17.6 Å². The standard InChI is InChI=1S/C18H22FN3O/c1-13(2)17-16(18(23)21-9-4-3-5-10-21)12-20-22(17)15-8-6-7-14(19)11-15/h6-8,11-13H,3-5,9-10H2,1-2H3. The minimum Gasteiger partial charge on any atom is -0.339 e. The maximum absolute atomic E-state index is 13.5. The maximum Gasteiger partial charge on any atom is 0.257 e. The van der Waals surface area contributed by atoms with Crippen LogP contribution in [0.2, 0.25) is 0 Å². The Hall–Kier alpha value is -2.17. The van der Waals surface area contributed by atoms with Gasteiger partial charge in [0.25, 0.3) is 5.91 Å². The predicted octanol–water partition coefficient (Wildman–Crippen LogP) is 3.76. The van der Waals surface area contributed by atoms with Gasteiger partial charge in [0.1, 0.15) is 5.82 Å². The van der Waals surface area contributed by atoms with Crippen molar-refractivity contribution < 1.29 is 9.18 Å². The van der Waals surface area contributed by atoms with Gasteiger partial charge >= 0.3 is 0 Å². The number of hydrogen-bond acceptors (Lipinski definition) is 2. The SMILES string of the molecule is CC(C)c1c(C(=O)N2CCCCC2)cnn1-c1cccc(F)c1. The summed E-state index contributed by atoms with van der Waals surface area (Å²) >= 11 is 0. The molecule has 1 aromatic heterocycles. The average molecular weight is 315 g/mol. The molecule has 1 fully saturated rings. The van der Waals surface area contributed by atoms with Crippen LogP contribution in [0, 0.1) is 5.82 Å². The molecule has 23 heavy (non-hydrogen) atoms. The maximum atomic E-state index is 13.5. The Bertz CT molecular complexity index is 702. The topological polar surface area (TPSA) is 38.1 Å². The Morgan fingerprint density at radius 2 is 1.96 bits per heavy atom. The van der Waals surface area contributed by atoms with E-state index in [2.05, 4.69) is 5.10 Å². The molecule has 0 atom stereocenters. The molecule has 122 valence electrons. The Morgan fingerprint density at radius 1 is 1.22 bits per heavy atom. The smallest absolute Gasteiger partial charge is 0.257 e. The van der Waals surface area contributed by atoms with E-state index < -0.39 is 0 Å². The first-order valence-electron chi connectivity index (χ1n) is 8.21. The van der Waals surface area contributed by atoms with Crippen LogP contribution in [0.15, 0.2) is 30.5 Å². The van der Waals surface area contributed by atoms with Crippen LogP contribution in [0.25, 0.3) is 5.69 Å². The summed E-state index contributed by atoms with van der Waals surface area (Å²) in [5.41, 5.74) is 2.11. The molecule has 0 radical (unpaired) electrons. The van der Waals surface area contributed by atoms with Crippen LogP contribution in [-0.4, -0.2) is 33.7 Å². The second-order valence-electron chi connectivity index (χ2n) is 6.34. The first kappa shape index (κ1) is 15.7. The molecule has 1 saturated heterocycles. The van der Waals surface area contributed by atoms with Gasteiger partial charge in [0.05, 0.1) is 23.1 Å². The number of benzene rings is 1. The zero-order valence-electron chi connectivity index (χ0n) is 13.6. The highest BCUT2D eigenvalue weighted by atomic mass is 19.1. The van der Waals surface area contributed by atoms with Gasteiger partial charge in [-0.3, -0.25) is 4.79 Å². The van der Waals surface area contributed by atoms with Gasteiger partial charge in [0, 0.05) is 13.1 Å². The van der Waals surface area contributed by atoms with Gasteiger partial charge in [-0.1, -0.05) is 19.9 Å². The number of hydrogen-bond donors (Lipinski definition) is 0. The van der Waals surface area contributed by atoms with Crippen LogP contribution in [0.1, 0.15) is 55.1 Å². The van der Waals surface area contributed by atoms with Crippen LogP contribution < -0.4 is 0 Å². The zero-order chi connectivity index (χ0) is 16.4. The average Bonchev–Trinajstić information content (AvgIpc) is 3.00. The van der Waals surface area contributed by atoms with Gasteiger partial charge in [0.2, 0.25) is 0 Å². The van der Waals surface area contributed by atoms with E-state index in [1.165, 1.54) is 18.6 Å². The summed E-state index contributed by atoms with van der Waals surface area (Å²) in [5.74, 6) is -0.155. The molecular weight excluding hydrogens is 293 g/mol. The summed E-state index contributed by atoms with van der Waals surface area (Å²) in [6.07, 6.45) is 4.92. The number of carbonyl (C=O) groups is 1. The number of carbonyl (C=O) groups excluding carboxylic acids is 1. The third-order valence-corrected chi connectivity index (χ3v) is 4.28. The highest BCUT2D eigenvalue weighted by molar-refractivity contribution is 5.95. The van der Waals surface area contributed by atoms with Crippen LogP contribution in [0.3, 0.4) is 0 Å². The third kappa shape index (κ3) is 3.14. The second-order valence-corrected chi connectivity index (χ2v) is 6.34. The molecule has 1 aliphatic heterocycles. The monoisotopic (exact) mass is 315 g/mol. The molecule has 0 spiro atoms. The van der Waals surface area contributed by atoms with Gasteiger partial charge in [-0.05, 0) is 43.4 Å². The van der Waals surface area contributed by atoms with Gasteiger partial charge in [0.15, 0.2) is 0 Å². The zero-order valence-corrected chi connectivity index (χ0v) is 13.6. The summed E-state index contributed by atoms with van der Waals surface area (Å²) in [7, 11) is 0. The van der Waals surface area contributed by atoms with Crippen LogP contribution in [-0.2, 0) is 0 Å². The van der Waals surface area contributed by atoms with Crippen molar-refractivity contribution in [1.29, 1.82) is 0 Å². The molecule has 3 rings (SSSR count). The van der Waals surface area contributed by atoms with Crippen molar-refractivity contribution in [1.82, 2.24) is 14.7 Å². The lowest BCUT2D eigenvalue weighted by molar-refractivity contribution is 0.0722. The molecule has 0 N–H and O–H groups in total. The summed E-state index contributed by atoms with van der Waals surface area (Å²) in [6, 6.07) is 6.30. The first-order chi connectivity index (χ1) is 11.1. The van der Waals surface area contributed by atoms with Crippen LogP contribution in [0.5, 0.6) is 0 Å². The second kappa shape index (κ2) is 6.52. The molecule has 0 aliphatic carbocycles. The number of likely N-dealkylation sites (tertiary alicyclic amines) is 1. The quantitative estimate of drug-likeness (QED) is 0.865. The molecule has 1 aliphatic rings. The fourth-order valence-electron chi connectivity index (χ4n) is 3.16. The van der Waals surface area contributed by atoms with E-state index in [1.54, 1.807) is 23.0 Å². The van der Waals surface area contributed by atoms with Crippen molar-refractivity contribution in [3.8, 4) is 5.69 Å². The van der Waals surface area contributed by atoms with Crippen LogP contribution >= 0.6 is 0 Å². The van der Waals surface area contributed by atoms with E-state index in [0.717, 1.165) is 31.6 Å². The van der Waals surface area contributed by atoms with Crippen LogP contribution in [0.4, 0.5) is 4.39 Å². The molecule has 1 aromatic carbocycles. The van der Waals surface area contributed by atoms with E-state index >= 15 is 0 Å². The molecule has 2 aromatic rings. The van der Waals surface area contributed by atoms with Crippen molar-refractivity contribution in [3.05, 3.63) is 47.5 Å². The van der Waals surface area contributed by atoms with Crippen molar-refractivity contribution in [2.24, 2.45) is 0 Å². The molecule has 0 bridgehead atoms. The largest absolute Gasteiger partial charge is 0.339 e. The van der Waals surface area contributed by atoms with E-state index in [4.69, 9.17) is 0 Å². The molecule has 5 heteroatoms. The van der Waals surface area contributed by atoms with Gasteiger partial charge in [-0.2, -0.15) is 5.10 Å². The summed E-state index contributed by atoms with van der Waals surface area (Å²) in [5, 5.41) is 4.37. The number of rotatable bonds is 3. The Kier molecular flexibility index (Phi) is 4.46. The van der Waals surface area contributed by atoms with Gasteiger partial charge < -0.3 is 4.90 Å². The number of nitrogens with zero attached hydrogens (tertiary/aromatic N) is 3. The van der Waals surface area contributed by atoms with Crippen molar-refractivity contribution in [2.75, 3.05) is 13.1 Å². The summed E-state index contributed by atoms with van der Waals surface area (Å²) < 4.78 is 15.2.